The van der Waals surface area contributed by atoms with Crippen LogP contribution in [-0.4, -0.2) is 44.9 Å². The first-order valence-electron chi connectivity index (χ1n) is 11.9. The van der Waals surface area contributed by atoms with E-state index < -0.39 is 11.9 Å². The molecule has 190 valence electrons. The Morgan fingerprint density at radius 1 is 1.28 bits per heavy atom. The predicted molar refractivity (Wildman–Crippen MR) is 131 cm³/mol. The zero-order valence-electron chi connectivity index (χ0n) is 20.0. The molecule has 1 aliphatic heterocycles. The number of nitrogens with zero attached hydrogens (tertiary/aromatic N) is 4. The number of ether oxygens (including phenoxy) is 2. The van der Waals surface area contributed by atoms with Crippen molar-refractivity contribution in [3.8, 4) is 5.88 Å². The van der Waals surface area contributed by atoms with Crippen molar-refractivity contribution in [2.45, 2.75) is 44.4 Å². The standard InChI is InChI=1S/C25H27ClFN5O4/c1-30-14-17-16(23(30)24(33)28-15-6-8-19(27)18(26)13-15)7-9-20(17)31(2)25(34)36-21-10-11-32(29-21)22-5-3-4-12-35-22/h6,8,10-11,13-14,20,22H,3-5,7,9,12H2,1-2H3,(H,28,33). The van der Waals surface area contributed by atoms with Gasteiger partial charge in [-0.25, -0.2) is 13.9 Å². The summed E-state index contributed by atoms with van der Waals surface area (Å²) in [6.07, 6.45) is 7.21. The van der Waals surface area contributed by atoms with Gasteiger partial charge in [0.05, 0.1) is 11.1 Å². The number of anilines is 1. The maximum Gasteiger partial charge on any atom is 0.416 e. The van der Waals surface area contributed by atoms with Gasteiger partial charge in [0.2, 0.25) is 5.88 Å². The van der Waals surface area contributed by atoms with Crippen LogP contribution in [0, 0.1) is 5.82 Å². The molecule has 0 saturated carbocycles. The summed E-state index contributed by atoms with van der Waals surface area (Å²) in [6.45, 7) is 0.696. The van der Waals surface area contributed by atoms with E-state index >= 15 is 0 Å². The van der Waals surface area contributed by atoms with Crippen LogP contribution >= 0.6 is 11.6 Å². The highest BCUT2D eigenvalue weighted by Crippen LogP contribution is 2.38. The lowest BCUT2D eigenvalue weighted by atomic mass is 10.1. The molecule has 1 N–H and O–H groups in total. The number of amides is 2. The topological polar surface area (TPSA) is 90.6 Å². The van der Waals surface area contributed by atoms with E-state index in [1.807, 2.05) is 6.20 Å². The van der Waals surface area contributed by atoms with Crippen molar-refractivity contribution in [1.82, 2.24) is 19.2 Å². The Bertz CT molecular complexity index is 1300. The van der Waals surface area contributed by atoms with Crippen LogP contribution in [0.4, 0.5) is 14.9 Å². The van der Waals surface area contributed by atoms with Gasteiger partial charge in [-0.1, -0.05) is 11.6 Å². The second-order valence-electron chi connectivity index (χ2n) is 9.09. The summed E-state index contributed by atoms with van der Waals surface area (Å²) in [5.74, 6) is -0.672. The van der Waals surface area contributed by atoms with Crippen molar-refractivity contribution in [2.24, 2.45) is 7.05 Å². The fraction of sp³-hybridized carbons (Fsp3) is 0.400. The molecule has 36 heavy (non-hydrogen) atoms. The van der Waals surface area contributed by atoms with E-state index in [4.69, 9.17) is 21.1 Å². The van der Waals surface area contributed by atoms with Gasteiger partial charge in [0, 0.05) is 44.8 Å². The largest absolute Gasteiger partial charge is 0.416 e. The van der Waals surface area contributed by atoms with Gasteiger partial charge in [-0.2, -0.15) is 0 Å². The fourth-order valence-corrected chi connectivity index (χ4v) is 5.09. The molecule has 2 unspecified atom stereocenters. The lowest BCUT2D eigenvalue weighted by Gasteiger charge is -2.24. The number of halogens is 2. The Morgan fingerprint density at radius 2 is 2.11 bits per heavy atom. The van der Waals surface area contributed by atoms with Gasteiger partial charge in [0.25, 0.3) is 5.91 Å². The van der Waals surface area contributed by atoms with Crippen LogP contribution in [0.15, 0.2) is 36.7 Å². The van der Waals surface area contributed by atoms with Crippen LogP contribution in [0.2, 0.25) is 5.02 Å². The summed E-state index contributed by atoms with van der Waals surface area (Å²) in [4.78, 5) is 27.5. The predicted octanol–water partition coefficient (Wildman–Crippen LogP) is 5.08. The molecule has 1 saturated heterocycles. The van der Waals surface area contributed by atoms with Crippen molar-refractivity contribution in [2.75, 3.05) is 19.0 Å². The van der Waals surface area contributed by atoms with Crippen LogP contribution in [0.25, 0.3) is 0 Å². The Labute approximate surface area is 212 Å². The maximum atomic E-state index is 13.5. The van der Waals surface area contributed by atoms with Crippen LogP contribution in [0.5, 0.6) is 5.88 Å². The third-order valence-corrected chi connectivity index (χ3v) is 7.01. The molecule has 2 amide bonds. The second kappa shape index (κ2) is 9.94. The van der Waals surface area contributed by atoms with E-state index in [0.29, 0.717) is 30.8 Å². The van der Waals surface area contributed by atoms with Gasteiger partial charge < -0.3 is 24.3 Å². The molecule has 3 aromatic rings. The second-order valence-corrected chi connectivity index (χ2v) is 9.50. The highest BCUT2D eigenvalue weighted by atomic mass is 35.5. The lowest BCUT2D eigenvalue weighted by Crippen LogP contribution is -2.32. The Balaban J connectivity index is 1.27. The molecule has 1 aromatic carbocycles. The first kappa shape index (κ1) is 24.3. The molecular weight excluding hydrogens is 489 g/mol. The smallest absolute Gasteiger partial charge is 0.389 e. The number of hydrogen-bond donors (Lipinski definition) is 1. The van der Waals surface area contributed by atoms with E-state index in [1.165, 1.54) is 23.1 Å². The molecule has 2 aromatic heterocycles. The van der Waals surface area contributed by atoms with Crippen LogP contribution in [0.3, 0.4) is 0 Å². The van der Waals surface area contributed by atoms with Crippen LogP contribution < -0.4 is 10.1 Å². The number of fused-ring (bicyclic) bond motifs is 1. The number of benzene rings is 1. The lowest BCUT2D eigenvalue weighted by molar-refractivity contribution is -0.0399. The molecule has 1 fully saturated rings. The first-order chi connectivity index (χ1) is 17.3. The Kier molecular flexibility index (Phi) is 6.72. The summed E-state index contributed by atoms with van der Waals surface area (Å²) in [7, 11) is 3.46. The van der Waals surface area contributed by atoms with Crippen molar-refractivity contribution in [3.05, 3.63) is 64.3 Å². The first-order valence-corrected chi connectivity index (χ1v) is 12.3. The highest BCUT2D eigenvalue weighted by Gasteiger charge is 2.35. The normalized spacial score (nSPS) is 19.1. The summed E-state index contributed by atoms with van der Waals surface area (Å²) in [5.41, 5.74) is 2.64. The number of hydrogen-bond acceptors (Lipinski definition) is 5. The minimum atomic E-state index is -0.554. The molecule has 3 heterocycles. The van der Waals surface area contributed by atoms with Crippen molar-refractivity contribution in [1.29, 1.82) is 0 Å². The number of nitrogens with one attached hydrogen (secondary N) is 1. The molecule has 2 atom stereocenters. The average molecular weight is 516 g/mol. The van der Waals surface area contributed by atoms with Crippen molar-refractivity contribution >= 4 is 29.3 Å². The summed E-state index contributed by atoms with van der Waals surface area (Å²) >= 11 is 5.84. The van der Waals surface area contributed by atoms with Gasteiger partial charge in [0.15, 0.2) is 0 Å². The maximum absolute atomic E-state index is 13.5. The molecular formula is C25H27ClFN5O4. The van der Waals surface area contributed by atoms with E-state index in [0.717, 1.165) is 30.4 Å². The van der Waals surface area contributed by atoms with Gasteiger partial charge in [-0.3, -0.25) is 4.79 Å². The third kappa shape index (κ3) is 4.70. The zero-order valence-corrected chi connectivity index (χ0v) is 20.8. The van der Waals surface area contributed by atoms with Crippen molar-refractivity contribution < 1.29 is 23.5 Å². The molecule has 0 spiro atoms. The summed E-state index contributed by atoms with van der Waals surface area (Å²) in [5, 5.41) is 7.06. The van der Waals surface area contributed by atoms with Gasteiger partial charge in [-0.15, -0.1) is 5.10 Å². The average Bonchev–Trinajstić information content (AvgIpc) is 3.57. The Morgan fingerprint density at radius 3 is 2.86 bits per heavy atom. The SMILES string of the molecule is CN(C(=O)Oc1ccn(C2CCCCO2)n1)C1CCc2c1cn(C)c2C(=O)Nc1ccc(F)c(Cl)c1. The minimum Gasteiger partial charge on any atom is -0.389 e. The number of rotatable bonds is 5. The molecule has 9 nitrogen and oxygen atoms in total. The molecule has 5 rings (SSSR count). The number of carbonyl (C=O) groups excluding carboxylic acids is 2. The Hall–Kier alpha value is -3.37. The zero-order chi connectivity index (χ0) is 25.4. The summed E-state index contributed by atoms with van der Waals surface area (Å²) in [6, 6.07) is 5.43. The number of aryl methyl sites for hydroxylation is 1. The molecule has 0 radical (unpaired) electrons. The minimum absolute atomic E-state index is 0.0683. The molecule has 1 aliphatic carbocycles. The van der Waals surface area contributed by atoms with E-state index in [9.17, 15) is 14.0 Å². The van der Waals surface area contributed by atoms with Crippen LogP contribution in [-0.2, 0) is 18.2 Å². The summed E-state index contributed by atoms with van der Waals surface area (Å²) < 4.78 is 28.1. The monoisotopic (exact) mass is 515 g/mol. The molecule has 0 bridgehead atoms. The quantitative estimate of drug-likeness (QED) is 0.511. The number of aromatic nitrogens is 3. The van der Waals surface area contributed by atoms with Gasteiger partial charge >= 0.3 is 6.09 Å². The molecule has 11 heteroatoms. The molecule has 2 aliphatic rings. The number of carbonyl (C=O) groups is 2. The van der Waals surface area contributed by atoms with Gasteiger partial charge in [-0.05, 0) is 61.4 Å². The van der Waals surface area contributed by atoms with Crippen LogP contribution in [0.1, 0.15) is 59.6 Å². The van der Waals surface area contributed by atoms with Crippen molar-refractivity contribution in [3.63, 3.8) is 0 Å². The third-order valence-electron chi connectivity index (χ3n) is 6.72. The van der Waals surface area contributed by atoms with E-state index in [1.54, 1.807) is 35.6 Å². The van der Waals surface area contributed by atoms with E-state index in [-0.39, 0.29) is 29.1 Å². The van der Waals surface area contributed by atoms with E-state index in [2.05, 4.69) is 10.4 Å². The fourth-order valence-electron chi connectivity index (χ4n) is 4.91. The van der Waals surface area contributed by atoms with Gasteiger partial charge in [0.1, 0.15) is 17.7 Å². The highest BCUT2D eigenvalue weighted by molar-refractivity contribution is 6.31.